The van der Waals surface area contributed by atoms with E-state index in [1.807, 2.05) is 14.0 Å². The normalized spacial score (nSPS) is 14.1. The number of carbonyl (C=O) groups is 1. The van der Waals surface area contributed by atoms with Gasteiger partial charge in [0.2, 0.25) is 5.95 Å². The van der Waals surface area contributed by atoms with E-state index in [0.717, 1.165) is 5.70 Å². The lowest BCUT2D eigenvalue weighted by Crippen LogP contribution is -2.32. The fourth-order valence-electron chi connectivity index (χ4n) is 2.15. The van der Waals surface area contributed by atoms with Crippen molar-refractivity contribution in [1.82, 2.24) is 20.2 Å². The number of aromatic nitrogens is 4. The van der Waals surface area contributed by atoms with Gasteiger partial charge in [0.15, 0.2) is 0 Å². The summed E-state index contributed by atoms with van der Waals surface area (Å²) in [5.74, 6) is 0.541. The highest BCUT2D eigenvalue weighted by Crippen LogP contribution is 2.24. The van der Waals surface area contributed by atoms with Gasteiger partial charge in [-0.1, -0.05) is 5.10 Å². The van der Waals surface area contributed by atoms with Crippen molar-refractivity contribution in [2.75, 3.05) is 17.3 Å². The van der Waals surface area contributed by atoms with Crippen LogP contribution in [-0.4, -0.2) is 38.3 Å². The van der Waals surface area contributed by atoms with E-state index in [4.69, 9.17) is 0 Å². The van der Waals surface area contributed by atoms with E-state index < -0.39 is 0 Å². The number of benzene rings is 1. The van der Waals surface area contributed by atoms with Crippen molar-refractivity contribution in [2.24, 2.45) is 0 Å². The standard InChI is InChI=1S/C13H14N6O2/c1-8-11(7-19-13(18(8)2)15-16-17-19)12(21)14-9-3-5-10(20)6-4-9/h3-6,20H,7H2,1-2H3,(H,14,21). The van der Waals surface area contributed by atoms with Crippen LogP contribution in [0.15, 0.2) is 35.5 Å². The van der Waals surface area contributed by atoms with E-state index in [-0.39, 0.29) is 11.7 Å². The van der Waals surface area contributed by atoms with Gasteiger partial charge in [-0.25, -0.2) is 4.68 Å². The fourth-order valence-corrected chi connectivity index (χ4v) is 2.15. The maximum absolute atomic E-state index is 12.4. The number of rotatable bonds is 2. The minimum atomic E-state index is -0.216. The summed E-state index contributed by atoms with van der Waals surface area (Å²) in [4.78, 5) is 14.2. The second-order valence-corrected chi connectivity index (χ2v) is 4.76. The maximum atomic E-state index is 12.4. The lowest BCUT2D eigenvalue weighted by atomic mass is 10.1. The number of allylic oxidation sites excluding steroid dienone is 1. The first kappa shape index (κ1) is 13.1. The minimum Gasteiger partial charge on any atom is -0.508 e. The van der Waals surface area contributed by atoms with E-state index in [2.05, 4.69) is 20.8 Å². The van der Waals surface area contributed by atoms with Gasteiger partial charge in [-0.15, -0.1) is 0 Å². The Morgan fingerprint density at radius 3 is 2.76 bits per heavy atom. The Morgan fingerprint density at radius 1 is 1.33 bits per heavy atom. The molecule has 0 spiro atoms. The average molecular weight is 286 g/mol. The summed E-state index contributed by atoms with van der Waals surface area (Å²) in [6.45, 7) is 2.17. The van der Waals surface area contributed by atoms with E-state index in [1.165, 1.54) is 12.1 Å². The summed E-state index contributed by atoms with van der Waals surface area (Å²) in [5, 5.41) is 23.4. The van der Waals surface area contributed by atoms with Crippen LogP contribution in [0.3, 0.4) is 0 Å². The van der Waals surface area contributed by atoms with Gasteiger partial charge in [0.05, 0.1) is 12.1 Å². The Labute approximate surface area is 120 Å². The second kappa shape index (κ2) is 4.89. The zero-order valence-corrected chi connectivity index (χ0v) is 11.6. The molecule has 0 radical (unpaired) electrons. The Bertz CT molecular complexity index is 719. The lowest BCUT2D eigenvalue weighted by Gasteiger charge is -2.26. The molecule has 21 heavy (non-hydrogen) atoms. The molecule has 1 amide bonds. The summed E-state index contributed by atoms with van der Waals surface area (Å²) < 4.78 is 1.57. The predicted molar refractivity (Wildman–Crippen MR) is 75.7 cm³/mol. The molecule has 0 fully saturated rings. The number of hydrogen-bond acceptors (Lipinski definition) is 6. The van der Waals surface area contributed by atoms with Gasteiger partial charge in [0.1, 0.15) is 5.75 Å². The molecule has 1 aromatic heterocycles. The zero-order chi connectivity index (χ0) is 15.0. The third kappa shape index (κ3) is 2.31. The number of aromatic hydroxyl groups is 1. The minimum absolute atomic E-state index is 0.152. The fraction of sp³-hybridized carbons (Fsp3) is 0.231. The van der Waals surface area contributed by atoms with Crippen molar-refractivity contribution in [3.8, 4) is 5.75 Å². The summed E-state index contributed by atoms with van der Waals surface area (Å²) in [5.41, 5.74) is 2.00. The molecule has 0 aliphatic carbocycles. The van der Waals surface area contributed by atoms with Gasteiger partial charge in [-0.3, -0.25) is 4.79 Å². The van der Waals surface area contributed by atoms with Crippen LogP contribution >= 0.6 is 0 Å². The zero-order valence-electron chi connectivity index (χ0n) is 11.6. The molecule has 0 bridgehead atoms. The largest absolute Gasteiger partial charge is 0.508 e. The van der Waals surface area contributed by atoms with Crippen molar-refractivity contribution < 1.29 is 9.90 Å². The van der Waals surface area contributed by atoms with Gasteiger partial charge < -0.3 is 15.3 Å². The van der Waals surface area contributed by atoms with Crippen LogP contribution in [0.2, 0.25) is 0 Å². The van der Waals surface area contributed by atoms with Crippen molar-refractivity contribution in [3.05, 3.63) is 35.5 Å². The third-order valence-electron chi connectivity index (χ3n) is 3.46. The number of nitrogens with one attached hydrogen (secondary N) is 1. The van der Waals surface area contributed by atoms with Crippen molar-refractivity contribution >= 4 is 17.5 Å². The Balaban J connectivity index is 1.84. The van der Waals surface area contributed by atoms with Crippen molar-refractivity contribution in [1.29, 1.82) is 0 Å². The Morgan fingerprint density at radius 2 is 2.05 bits per heavy atom. The molecule has 2 heterocycles. The molecule has 1 aliphatic heterocycles. The molecule has 1 aliphatic rings. The molecule has 0 atom stereocenters. The van der Waals surface area contributed by atoms with Gasteiger partial charge in [-0.05, 0) is 41.6 Å². The molecular formula is C13H14N6O2. The van der Waals surface area contributed by atoms with E-state index in [9.17, 15) is 9.90 Å². The molecular weight excluding hydrogens is 272 g/mol. The number of nitrogens with zero attached hydrogens (tertiary/aromatic N) is 5. The molecule has 0 unspecified atom stereocenters. The van der Waals surface area contributed by atoms with Crippen molar-refractivity contribution in [3.63, 3.8) is 0 Å². The van der Waals surface area contributed by atoms with Crippen LogP contribution < -0.4 is 10.2 Å². The van der Waals surface area contributed by atoms with Crippen LogP contribution in [0.4, 0.5) is 11.6 Å². The SMILES string of the molecule is CC1=C(C(=O)Nc2ccc(O)cc2)Cn2nnnc2N1C. The van der Waals surface area contributed by atoms with Crippen molar-refractivity contribution in [2.45, 2.75) is 13.5 Å². The molecule has 0 saturated carbocycles. The molecule has 108 valence electrons. The van der Waals surface area contributed by atoms with E-state index in [0.29, 0.717) is 23.8 Å². The topological polar surface area (TPSA) is 96.2 Å². The van der Waals surface area contributed by atoms with E-state index in [1.54, 1.807) is 21.7 Å². The van der Waals surface area contributed by atoms with Gasteiger partial charge in [0, 0.05) is 18.4 Å². The maximum Gasteiger partial charge on any atom is 0.255 e. The quantitative estimate of drug-likeness (QED) is 0.790. The molecule has 8 heteroatoms. The van der Waals surface area contributed by atoms with Gasteiger partial charge >= 0.3 is 0 Å². The smallest absolute Gasteiger partial charge is 0.255 e. The predicted octanol–water partition coefficient (Wildman–Crippen LogP) is 0.741. The summed E-state index contributed by atoms with van der Waals surface area (Å²) in [6, 6.07) is 6.31. The number of phenols is 1. The number of phenolic OH excluding ortho intramolecular Hbond substituents is 1. The summed E-state index contributed by atoms with van der Waals surface area (Å²) in [7, 11) is 1.81. The molecule has 0 saturated heterocycles. The van der Waals surface area contributed by atoms with Gasteiger partial charge in [0.25, 0.3) is 5.91 Å². The number of hydrogen-bond donors (Lipinski definition) is 2. The van der Waals surface area contributed by atoms with Crippen LogP contribution in [0, 0.1) is 0 Å². The highest BCUT2D eigenvalue weighted by molar-refractivity contribution is 6.04. The Kier molecular flexibility index (Phi) is 3.05. The first-order valence-corrected chi connectivity index (χ1v) is 6.36. The van der Waals surface area contributed by atoms with Crippen LogP contribution in [0.25, 0.3) is 0 Å². The molecule has 8 nitrogen and oxygen atoms in total. The van der Waals surface area contributed by atoms with Crippen LogP contribution in [-0.2, 0) is 11.3 Å². The van der Waals surface area contributed by atoms with Crippen LogP contribution in [0.5, 0.6) is 5.75 Å². The molecule has 2 N–H and O–H groups in total. The summed E-state index contributed by atoms with van der Waals surface area (Å²) in [6.07, 6.45) is 0. The number of tetrazole rings is 1. The Hall–Kier alpha value is -2.90. The molecule has 2 aromatic rings. The highest BCUT2D eigenvalue weighted by Gasteiger charge is 2.26. The monoisotopic (exact) mass is 286 g/mol. The number of anilines is 2. The molecule has 3 rings (SSSR count). The summed E-state index contributed by atoms with van der Waals surface area (Å²) >= 11 is 0. The number of fused-ring (bicyclic) bond motifs is 1. The van der Waals surface area contributed by atoms with E-state index >= 15 is 0 Å². The first-order valence-electron chi connectivity index (χ1n) is 6.36. The second-order valence-electron chi connectivity index (χ2n) is 4.76. The average Bonchev–Trinajstić information content (AvgIpc) is 2.94. The van der Waals surface area contributed by atoms with Gasteiger partial charge in [-0.2, -0.15) is 0 Å². The number of carbonyl (C=O) groups excluding carboxylic acids is 1. The number of amides is 1. The lowest BCUT2D eigenvalue weighted by molar-refractivity contribution is -0.113. The highest BCUT2D eigenvalue weighted by atomic mass is 16.3. The van der Waals surface area contributed by atoms with Crippen LogP contribution in [0.1, 0.15) is 6.92 Å². The first-order chi connectivity index (χ1) is 10.1. The third-order valence-corrected chi connectivity index (χ3v) is 3.46. The molecule has 1 aromatic carbocycles.